The summed E-state index contributed by atoms with van der Waals surface area (Å²) in [6.07, 6.45) is 2.46. The number of carbonyl (C=O) groups is 1. The van der Waals surface area contributed by atoms with E-state index in [4.69, 9.17) is 4.74 Å². The molecule has 3 rings (SSSR count). The van der Waals surface area contributed by atoms with Crippen LogP contribution in [0.15, 0.2) is 48.5 Å². The van der Waals surface area contributed by atoms with Crippen LogP contribution in [0, 0.1) is 13.8 Å². The van der Waals surface area contributed by atoms with Gasteiger partial charge in [-0.3, -0.25) is 9.69 Å². The van der Waals surface area contributed by atoms with Crippen molar-refractivity contribution in [1.29, 1.82) is 0 Å². The van der Waals surface area contributed by atoms with E-state index in [9.17, 15) is 4.79 Å². The third-order valence-corrected chi connectivity index (χ3v) is 4.95. The fourth-order valence-corrected chi connectivity index (χ4v) is 3.55. The van der Waals surface area contributed by atoms with Gasteiger partial charge >= 0.3 is 0 Å². The Morgan fingerprint density at radius 1 is 1.12 bits per heavy atom. The Balaban J connectivity index is 1.55. The number of rotatable bonds is 7. The maximum atomic E-state index is 12.3. The van der Waals surface area contributed by atoms with E-state index in [1.807, 2.05) is 32.0 Å². The average Bonchev–Trinajstić information content (AvgIpc) is 3.16. The molecule has 1 N–H and O–H groups in total. The summed E-state index contributed by atoms with van der Waals surface area (Å²) in [6.45, 7) is 6.89. The van der Waals surface area contributed by atoms with Gasteiger partial charge in [-0.2, -0.15) is 0 Å². The summed E-state index contributed by atoms with van der Waals surface area (Å²) in [7, 11) is 0. The maximum absolute atomic E-state index is 12.3. The molecule has 2 aromatic rings. The number of carbonyl (C=O) groups excluding carboxylic acids is 1. The zero-order valence-electron chi connectivity index (χ0n) is 15.7. The molecule has 1 heterocycles. The molecule has 2 aromatic carbocycles. The number of nitrogens with zero attached hydrogens (tertiary/aromatic N) is 1. The van der Waals surface area contributed by atoms with Gasteiger partial charge in [-0.15, -0.1) is 0 Å². The lowest BCUT2D eigenvalue weighted by atomic mass is 10.1. The minimum Gasteiger partial charge on any atom is -0.484 e. The van der Waals surface area contributed by atoms with Crippen molar-refractivity contribution in [3.8, 4) is 5.75 Å². The van der Waals surface area contributed by atoms with Crippen molar-refractivity contribution in [3.63, 3.8) is 0 Å². The van der Waals surface area contributed by atoms with Crippen molar-refractivity contribution < 1.29 is 9.53 Å². The van der Waals surface area contributed by atoms with E-state index in [1.165, 1.54) is 24.0 Å². The van der Waals surface area contributed by atoms with Crippen molar-refractivity contribution in [2.24, 2.45) is 0 Å². The molecule has 1 atom stereocenters. The second-order valence-corrected chi connectivity index (χ2v) is 7.03. The molecule has 1 aliphatic heterocycles. The van der Waals surface area contributed by atoms with Gasteiger partial charge in [0, 0.05) is 6.54 Å². The van der Waals surface area contributed by atoms with Crippen LogP contribution in [-0.4, -0.2) is 37.0 Å². The monoisotopic (exact) mass is 352 g/mol. The normalized spacial score (nSPS) is 15.6. The highest BCUT2D eigenvalue weighted by Gasteiger charge is 2.23. The Morgan fingerprint density at radius 2 is 1.85 bits per heavy atom. The minimum atomic E-state index is -0.0786. The number of hydrogen-bond acceptors (Lipinski definition) is 3. The molecule has 1 saturated heterocycles. The van der Waals surface area contributed by atoms with Crippen LogP contribution in [0.5, 0.6) is 5.75 Å². The molecular weight excluding hydrogens is 324 g/mol. The molecule has 26 heavy (non-hydrogen) atoms. The molecule has 0 bridgehead atoms. The summed E-state index contributed by atoms with van der Waals surface area (Å²) < 4.78 is 5.69. The van der Waals surface area contributed by atoms with Crippen LogP contribution >= 0.6 is 0 Å². The van der Waals surface area contributed by atoms with Crippen molar-refractivity contribution in [2.75, 3.05) is 26.2 Å². The first-order valence-corrected chi connectivity index (χ1v) is 9.39. The lowest BCUT2D eigenvalue weighted by molar-refractivity contribution is -0.123. The topological polar surface area (TPSA) is 41.6 Å². The third-order valence-electron chi connectivity index (χ3n) is 4.95. The molecule has 0 saturated carbocycles. The Kier molecular flexibility index (Phi) is 6.29. The third kappa shape index (κ3) is 4.85. The Hall–Kier alpha value is -2.33. The van der Waals surface area contributed by atoms with Crippen molar-refractivity contribution in [1.82, 2.24) is 10.2 Å². The lowest BCUT2D eigenvalue weighted by Crippen LogP contribution is -2.38. The number of hydrogen-bond donors (Lipinski definition) is 1. The predicted octanol–water partition coefficient (Wildman–Crippen LogP) is 3.64. The Morgan fingerprint density at radius 3 is 2.54 bits per heavy atom. The van der Waals surface area contributed by atoms with Crippen LogP contribution in [0.3, 0.4) is 0 Å². The van der Waals surface area contributed by atoms with Crippen LogP contribution in [0.2, 0.25) is 0 Å². The van der Waals surface area contributed by atoms with Crippen LogP contribution < -0.4 is 10.1 Å². The van der Waals surface area contributed by atoms with Gasteiger partial charge in [0.15, 0.2) is 6.61 Å². The summed E-state index contributed by atoms with van der Waals surface area (Å²) in [5, 5.41) is 3.05. The zero-order valence-corrected chi connectivity index (χ0v) is 15.7. The van der Waals surface area contributed by atoms with E-state index in [0.29, 0.717) is 6.54 Å². The van der Waals surface area contributed by atoms with Crippen LogP contribution in [0.1, 0.15) is 35.6 Å². The Labute approximate surface area is 156 Å². The smallest absolute Gasteiger partial charge is 0.258 e. The fourth-order valence-electron chi connectivity index (χ4n) is 3.55. The van der Waals surface area contributed by atoms with E-state index in [1.54, 1.807) is 0 Å². The molecule has 1 amide bonds. The second-order valence-electron chi connectivity index (χ2n) is 7.03. The molecule has 0 spiro atoms. The van der Waals surface area contributed by atoms with Gasteiger partial charge in [-0.25, -0.2) is 0 Å². The van der Waals surface area contributed by atoms with Gasteiger partial charge in [0.25, 0.3) is 5.91 Å². The summed E-state index contributed by atoms with van der Waals surface area (Å²) >= 11 is 0. The Bertz CT molecular complexity index is 724. The number of ether oxygens (including phenoxy) is 1. The largest absolute Gasteiger partial charge is 0.484 e. The fraction of sp³-hybridized carbons (Fsp3) is 0.409. The predicted molar refractivity (Wildman–Crippen MR) is 104 cm³/mol. The first-order valence-electron chi connectivity index (χ1n) is 9.39. The summed E-state index contributed by atoms with van der Waals surface area (Å²) in [5.74, 6) is 0.690. The quantitative estimate of drug-likeness (QED) is 0.827. The van der Waals surface area contributed by atoms with Crippen LogP contribution in [-0.2, 0) is 4.79 Å². The number of amides is 1. The second kappa shape index (κ2) is 8.86. The highest BCUT2D eigenvalue weighted by atomic mass is 16.5. The van der Waals surface area contributed by atoms with E-state index in [-0.39, 0.29) is 18.6 Å². The summed E-state index contributed by atoms with van der Waals surface area (Å²) in [4.78, 5) is 14.7. The average molecular weight is 352 g/mol. The van der Waals surface area contributed by atoms with E-state index in [0.717, 1.165) is 24.4 Å². The molecular formula is C22H28N2O2. The highest BCUT2D eigenvalue weighted by molar-refractivity contribution is 5.77. The van der Waals surface area contributed by atoms with E-state index in [2.05, 4.69) is 40.5 Å². The molecule has 1 unspecified atom stereocenters. The van der Waals surface area contributed by atoms with Crippen LogP contribution in [0.4, 0.5) is 0 Å². The number of aryl methyl sites for hydroxylation is 2. The molecule has 1 aliphatic rings. The van der Waals surface area contributed by atoms with Crippen LogP contribution in [0.25, 0.3) is 0 Å². The maximum Gasteiger partial charge on any atom is 0.258 e. The van der Waals surface area contributed by atoms with Crippen molar-refractivity contribution in [3.05, 3.63) is 65.2 Å². The number of nitrogens with one attached hydrogen (secondary N) is 1. The standard InChI is InChI=1S/C22H28N2O2/c1-17-10-11-21(18(2)14-17)26-16-22(25)23-15-20(24-12-6-7-13-24)19-8-4-3-5-9-19/h3-5,8-11,14,20H,6-7,12-13,15-16H2,1-2H3,(H,23,25). The summed E-state index contributed by atoms with van der Waals surface area (Å²) in [6, 6.07) is 16.6. The van der Waals surface area contributed by atoms with Crippen molar-refractivity contribution in [2.45, 2.75) is 32.7 Å². The minimum absolute atomic E-state index is 0.0470. The number of likely N-dealkylation sites (tertiary alicyclic amines) is 1. The first-order chi connectivity index (χ1) is 12.6. The van der Waals surface area contributed by atoms with Gasteiger partial charge in [0.2, 0.25) is 0 Å². The lowest BCUT2D eigenvalue weighted by Gasteiger charge is -2.28. The zero-order chi connectivity index (χ0) is 18.4. The van der Waals surface area contributed by atoms with Gasteiger partial charge in [-0.1, -0.05) is 48.0 Å². The molecule has 138 valence electrons. The van der Waals surface area contributed by atoms with E-state index < -0.39 is 0 Å². The van der Waals surface area contributed by atoms with Gasteiger partial charge in [-0.05, 0) is 57.0 Å². The summed E-state index contributed by atoms with van der Waals surface area (Å²) in [5.41, 5.74) is 3.50. The molecule has 1 fully saturated rings. The van der Waals surface area contributed by atoms with Crippen molar-refractivity contribution >= 4 is 5.91 Å². The van der Waals surface area contributed by atoms with E-state index >= 15 is 0 Å². The molecule has 0 radical (unpaired) electrons. The first kappa shape index (κ1) is 18.5. The molecule has 0 aromatic heterocycles. The van der Waals surface area contributed by atoms with Gasteiger partial charge in [0.05, 0.1) is 6.04 Å². The van der Waals surface area contributed by atoms with Gasteiger partial charge < -0.3 is 10.1 Å². The number of benzene rings is 2. The molecule has 0 aliphatic carbocycles. The molecule has 4 heteroatoms. The highest BCUT2D eigenvalue weighted by Crippen LogP contribution is 2.24. The molecule has 4 nitrogen and oxygen atoms in total. The van der Waals surface area contributed by atoms with Gasteiger partial charge in [0.1, 0.15) is 5.75 Å². The SMILES string of the molecule is Cc1ccc(OCC(=O)NCC(c2ccccc2)N2CCCC2)c(C)c1.